The van der Waals surface area contributed by atoms with E-state index in [1.165, 1.54) is 43.3 Å². The first kappa shape index (κ1) is 40.0. The van der Waals surface area contributed by atoms with Gasteiger partial charge in [0.25, 0.3) is 0 Å². The molecule has 3 atom stereocenters. The summed E-state index contributed by atoms with van der Waals surface area (Å²) in [6.07, 6.45) is 5.76. The van der Waals surface area contributed by atoms with E-state index in [2.05, 4.69) is 6.92 Å². The van der Waals surface area contributed by atoms with Crippen LogP contribution >= 0.6 is 0 Å². The van der Waals surface area contributed by atoms with Gasteiger partial charge >= 0.3 is 18.1 Å². The molecule has 3 unspecified atom stereocenters. The molecule has 0 aliphatic carbocycles. The standard InChI is InChI=1S/C40H50NO5.C2HF3O2/c1-2-3-4-5-15-24-37(42)45-38(31-18-9-6-10-19-31)46-40(32-20-11-7-12-21-32,33-22-13-8-14-23-33)39(43)44-36-29-34-25-26-35(30-36)41(34)27-16-17-28-41;3-2(4,5)1(6)7/h6-14,18-23,34-36,38H,2-5,15-17,24-30H2,1H3;(H,6,7)/q+1;/p-1. The number of nitrogens with zero attached hydrogens (tertiary/aromatic N) is 1. The molecule has 286 valence electrons. The Hall–Kier alpha value is -4.22. The predicted octanol–water partition coefficient (Wildman–Crippen LogP) is 7.70. The van der Waals surface area contributed by atoms with Crippen LogP contribution in [0.3, 0.4) is 0 Å². The number of hydrogen-bond acceptors (Lipinski definition) is 7. The minimum Gasteiger partial charge on any atom is -0.542 e. The molecule has 0 saturated carbocycles. The van der Waals surface area contributed by atoms with E-state index in [1.807, 2.05) is 91.0 Å². The number of aliphatic carboxylic acids is 1. The molecule has 0 amide bonds. The average molecular weight is 738 g/mol. The largest absolute Gasteiger partial charge is 0.542 e. The second kappa shape index (κ2) is 18.2. The normalized spacial score (nSPS) is 20.9. The Kier molecular flexibility index (Phi) is 13.7. The summed E-state index contributed by atoms with van der Waals surface area (Å²) in [4.78, 5) is 37.0. The molecular weight excluding hydrogens is 687 g/mol. The molecule has 3 aliphatic rings. The van der Waals surface area contributed by atoms with Gasteiger partial charge in [-0.1, -0.05) is 124 Å². The maximum absolute atomic E-state index is 14.9. The highest BCUT2D eigenvalue weighted by molar-refractivity contribution is 5.86. The van der Waals surface area contributed by atoms with Gasteiger partial charge in [0.05, 0.1) is 25.2 Å². The number of halogens is 3. The summed E-state index contributed by atoms with van der Waals surface area (Å²) >= 11 is 0. The van der Waals surface area contributed by atoms with Crippen molar-refractivity contribution >= 4 is 17.9 Å². The van der Waals surface area contributed by atoms with Gasteiger partial charge in [0.15, 0.2) is 0 Å². The van der Waals surface area contributed by atoms with Gasteiger partial charge < -0.3 is 28.6 Å². The second-order valence-electron chi connectivity index (χ2n) is 14.4. The lowest BCUT2D eigenvalue weighted by Gasteiger charge is -2.47. The highest BCUT2D eigenvalue weighted by Gasteiger charge is 2.57. The summed E-state index contributed by atoms with van der Waals surface area (Å²) in [5, 5.41) is 8.78. The number of carboxylic acids is 1. The number of esters is 2. The smallest absolute Gasteiger partial charge is 0.430 e. The molecule has 3 saturated heterocycles. The third-order valence-corrected chi connectivity index (χ3v) is 11.0. The van der Waals surface area contributed by atoms with Crippen molar-refractivity contribution in [1.29, 1.82) is 0 Å². The third-order valence-electron chi connectivity index (χ3n) is 11.0. The van der Waals surface area contributed by atoms with Crippen molar-refractivity contribution < 1.29 is 51.4 Å². The van der Waals surface area contributed by atoms with Crippen LogP contribution in [0.25, 0.3) is 0 Å². The highest BCUT2D eigenvalue weighted by Crippen LogP contribution is 2.47. The van der Waals surface area contributed by atoms with E-state index in [4.69, 9.17) is 24.1 Å². The summed E-state index contributed by atoms with van der Waals surface area (Å²) in [5.41, 5.74) is 0.303. The van der Waals surface area contributed by atoms with E-state index in [-0.39, 0.29) is 12.1 Å². The van der Waals surface area contributed by atoms with Crippen LogP contribution in [0.4, 0.5) is 13.2 Å². The fourth-order valence-corrected chi connectivity index (χ4v) is 8.46. The van der Waals surface area contributed by atoms with Gasteiger partial charge in [-0.05, 0) is 17.5 Å². The molecule has 11 heteroatoms. The number of alkyl halides is 3. The van der Waals surface area contributed by atoms with Gasteiger partial charge in [0, 0.05) is 50.5 Å². The topological polar surface area (TPSA) is 102 Å². The van der Waals surface area contributed by atoms with Crippen LogP contribution in [0.15, 0.2) is 91.0 Å². The van der Waals surface area contributed by atoms with Crippen molar-refractivity contribution in [2.24, 2.45) is 0 Å². The lowest BCUT2D eigenvalue weighted by Crippen LogP contribution is -2.60. The van der Waals surface area contributed by atoms with E-state index in [9.17, 15) is 22.8 Å². The van der Waals surface area contributed by atoms with Crippen molar-refractivity contribution in [3.05, 3.63) is 108 Å². The summed E-state index contributed by atoms with van der Waals surface area (Å²) < 4.78 is 52.4. The van der Waals surface area contributed by atoms with Crippen LogP contribution in [0.1, 0.15) is 107 Å². The minimum atomic E-state index is -5.19. The maximum Gasteiger partial charge on any atom is 0.430 e. The molecule has 6 rings (SSSR count). The zero-order valence-corrected chi connectivity index (χ0v) is 30.3. The molecule has 0 radical (unpaired) electrons. The van der Waals surface area contributed by atoms with E-state index < -0.39 is 30.0 Å². The first-order chi connectivity index (χ1) is 25.5. The SMILES string of the molecule is CCCCCCCC(=O)OC(OC(C(=O)OC1CC2CCC(C1)[N+]21CCCC1)(c1ccccc1)c1ccccc1)c1ccccc1.O=C([O-])C(F)(F)F. The maximum atomic E-state index is 14.9. The number of rotatable bonds is 14. The van der Waals surface area contributed by atoms with Crippen LogP contribution in [-0.2, 0) is 34.2 Å². The number of unbranched alkanes of at least 4 members (excludes halogenated alkanes) is 4. The Labute approximate surface area is 309 Å². The number of carbonyl (C=O) groups excluding carboxylic acids is 3. The number of benzene rings is 3. The third kappa shape index (κ3) is 9.67. The van der Waals surface area contributed by atoms with Crippen molar-refractivity contribution in [3.63, 3.8) is 0 Å². The van der Waals surface area contributed by atoms with Gasteiger partial charge in [-0.3, -0.25) is 4.79 Å². The highest BCUT2D eigenvalue weighted by atomic mass is 19.4. The van der Waals surface area contributed by atoms with Crippen LogP contribution in [0.5, 0.6) is 0 Å². The lowest BCUT2D eigenvalue weighted by molar-refractivity contribution is -0.956. The molecular formula is C42H50F3NO7. The van der Waals surface area contributed by atoms with Crippen LogP contribution in [0.2, 0.25) is 0 Å². The first-order valence-corrected chi connectivity index (χ1v) is 18.9. The van der Waals surface area contributed by atoms with E-state index in [1.54, 1.807) is 0 Å². The minimum absolute atomic E-state index is 0.175. The fraction of sp³-hybridized carbons (Fsp3) is 0.500. The van der Waals surface area contributed by atoms with E-state index in [0.717, 1.165) is 44.9 Å². The van der Waals surface area contributed by atoms with Gasteiger partial charge in [-0.25, -0.2) is 4.79 Å². The van der Waals surface area contributed by atoms with Crippen LogP contribution < -0.4 is 5.11 Å². The monoisotopic (exact) mass is 737 g/mol. The van der Waals surface area contributed by atoms with Crippen molar-refractivity contribution in [3.8, 4) is 0 Å². The molecule has 3 aromatic carbocycles. The number of quaternary nitrogens is 1. The molecule has 2 bridgehead atoms. The molecule has 8 nitrogen and oxygen atoms in total. The Morgan fingerprint density at radius 2 is 1.26 bits per heavy atom. The van der Waals surface area contributed by atoms with Gasteiger partial charge in [-0.2, -0.15) is 13.2 Å². The molecule has 53 heavy (non-hydrogen) atoms. The van der Waals surface area contributed by atoms with Gasteiger partial charge in [0.2, 0.25) is 11.9 Å². The fourth-order valence-electron chi connectivity index (χ4n) is 8.46. The van der Waals surface area contributed by atoms with E-state index in [0.29, 0.717) is 35.2 Å². The molecule has 0 N–H and O–H groups in total. The van der Waals surface area contributed by atoms with Gasteiger partial charge in [-0.15, -0.1) is 0 Å². The molecule has 3 aliphatic heterocycles. The summed E-state index contributed by atoms with van der Waals surface area (Å²) in [6.45, 7) is 4.70. The molecule has 1 spiro atoms. The molecule has 3 aromatic rings. The Balaban J connectivity index is 0.000000705. The Bertz CT molecular complexity index is 1560. The number of carbonyl (C=O) groups is 3. The Morgan fingerprint density at radius 3 is 1.75 bits per heavy atom. The summed E-state index contributed by atoms with van der Waals surface area (Å²) in [5.74, 6) is -3.80. The lowest BCUT2D eigenvalue weighted by atomic mass is 9.85. The van der Waals surface area contributed by atoms with Crippen molar-refractivity contribution in [2.75, 3.05) is 13.1 Å². The summed E-state index contributed by atoms with van der Waals surface area (Å²) in [7, 11) is 0. The summed E-state index contributed by atoms with van der Waals surface area (Å²) in [6, 6.07) is 29.7. The predicted molar refractivity (Wildman–Crippen MR) is 190 cm³/mol. The molecule has 3 fully saturated rings. The van der Waals surface area contributed by atoms with Crippen molar-refractivity contribution in [2.45, 2.75) is 120 Å². The zero-order valence-electron chi connectivity index (χ0n) is 30.3. The number of carboxylic acid groups (broad SMARTS) is 1. The second-order valence-corrected chi connectivity index (χ2v) is 14.4. The quantitative estimate of drug-likeness (QED) is 0.0724. The molecule has 3 heterocycles. The zero-order chi connectivity index (χ0) is 37.9. The average Bonchev–Trinajstić information content (AvgIpc) is 3.70. The van der Waals surface area contributed by atoms with Crippen LogP contribution in [-0.4, -0.2) is 59.8 Å². The first-order valence-electron chi connectivity index (χ1n) is 18.9. The van der Waals surface area contributed by atoms with Crippen LogP contribution in [0, 0.1) is 0 Å². The van der Waals surface area contributed by atoms with E-state index >= 15 is 0 Å². The number of hydrogen-bond donors (Lipinski definition) is 0. The van der Waals surface area contributed by atoms with Gasteiger partial charge in [0.1, 0.15) is 12.1 Å². The van der Waals surface area contributed by atoms with Crippen molar-refractivity contribution in [1.82, 2.24) is 0 Å². The number of piperidine rings is 1. The number of ether oxygens (including phenoxy) is 3. The molecule has 0 aromatic heterocycles. The Morgan fingerprint density at radius 1 is 0.774 bits per heavy atom.